The highest BCUT2D eigenvalue weighted by Gasteiger charge is 2.43. The van der Waals surface area contributed by atoms with Gasteiger partial charge in [0.25, 0.3) is 0 Å². The molecule has 0 unspecified atom stereocenters. The molecule has 4 aromatic rings. The normalized spacial score (nSPS) is 11.5. The van der Waals surface area contributed by atoms with Gasteiger partial charge in [0.15, 0.2) is 0 Å². The highest BCUT2D eigenvalue weighted by atomic mass is 35.5. The molecule has 4 heteroatoms. The fourth-order valence-corrected chi connectivity index (χ4v) is 17.7. The Morgan fingerprint density at radius 2 is 0.444 bits per heavy atom. The lowest BCUT2D eigenvalue weighted by atomic mass is 10.1. The van der Waals surface area contributed by atoms with E-state index in [2.05, 4.69) is 135 Å². The second kappa shape index (κ2) is 29.5. The van der Waals surface area contributed by atoms with Crippen LogP contribution in [0.15, 0.2) is 121 Å². The molecule has 0 spiro atoms. The van der Waals surface area contributed by atoms with E-state index in [1.807, 2.05) is 0 Å². The van der Waals surface area contributed by atoms with E-state index in [0.29, 0.717) is 0 Å². The van der Waals surface area contributed by atoms with E-state index in [1.165, 1.54) is 153 Å². The summed E-state index contributed by atoms with van der Waals surface area (Å²) in [5.74, 6) is 0. The average Bonchev–Trinajstić information content (AvgIpc) is 3.21. The number of hydrogen-bond donors (Lipinski definition) is 0. The lowest BCUT2D eigenvalue weighted by Crippen LogP contribution is -3.00. The van der Waals surface area contributed by atoms with E-state index < -0.39 is 14.5 Å². The SMILES string of the molecule is CCCCCCCCCC[P+](CCCCCC[P+](CCCCCCCCCC)(c1ccccc1)c1ccccc1)(c1ccccc1)c1ccccc1.[Cl-].[Cl-]. The van der Waals surface area contributed by atoms with E-state index >= 15 is 0 Å². The van der Waals surface area contributed by atoms with Crippen LogP contribution in [0.4, 0.5) is 0 Å². The molecule has 4 aromatic carbocycles. The number of halogens is 2. The monoisotopic (exact) mass is 806 g/mol. The minimum Gasteiger partial charge on any atom is -1.00 e. The Labute approximate surface area is 347 Å². The van der Waals surface area contributed by atoms with Crippen LogP contribution >= 0.6 is 14.5 Å². The van der Waals surface area contributed by atoms with Gasteiger partial charge >= 0.3 is 0 Å². The van der Waals surface area contributed by atoms with Crippen molar-refractivity contribution in [1.82, 2.24) is 0 Å². The van der Waals surface area contributed by atoms with Gasteiger partial charge in [-0.1, -0.05) is 164 Å². The topological polar surface area (TPSA) is 0 Å². The molecule has 0 atom stereocenters. The predicted molar refractivity (Wildman–Crippen MR) is 241 cm³/mol. The first-order valence-electron chi connectivity index (χ1n) is 21.7. The van der Waals surface area contributed by atoms with Gasteiger partial charge in [0.2, 0.25) is 0 Å². The van der Waals surface area contributed by atoms with Crippen LogP contribution in [0.3, 0.4) is 0 Å². The summed E-state index contributed by atoms with van der Waals surface area (Å²) in [6.07, 6.45) is 33.1. The van der Waals surface area contributed by atoms with E-state index in [4.69, 9.17) is 0 Å². The molecule has 0 fully saturated rings. The number of benzene rings is 4. The zero-order chi connectivity index (χ0) is 36.4. The maximum absolute atomic E-state index is 2.47. The fourth-order valence-electron chi connectivity index (χ4n) is 8.56. The number of unbranched alkanes of at least 4 members (excludes halogenated alkanes) is 17. The first kappa shape index (κ1) is 48.5. The average molecular weight is 808 g/mol. The molecule has 0 saturated heterocycles. The van der Waals surface area contributed by atoms with Crippen LogP contribution in [0.1, 0.15) is 142 Å². The largest absolute Gasteiger partial charge is 1.00 e. The van der Waals surface area contributed by atoms with Gasteiger partial charge in [-0.3, -0.25) is 0 Å². The third-order valence-electron chi connectivity index (χ3n) is 11.6. The van der Waals surface area contributed by atoms with E-state index in [9.17, 15) is 0 Å². The zero-order valence-electron chi connectivity index (χ0n) is 34.2. The Balaban J connectivity index is 0.00000504. The summed E-state index contributed by atoms with van der Waals surface area (Å²) in [5, 5.41) is 6.53. The van der Waals surface area contributed by atoms with Gasteiger partial charge < -0.3 is 24.8 Å². The van der Waals surface area contributed by atoms with Gasteiger partial charge in [-0.2, -0.15) is 0 Å². The van der Waals surface area contributed by atoms with Crippen LogP contribution in [0.5, 0.6) is 0 Å². The Bertz CT molecular complexity index is 1220. The Morgan fingerprint density at radius 1 is 0.259 bits per heavy atom. The zero-order valence-corrected chi connectivity index (χ0v) is 37.5. The van der Waals surface area contributed by atoms with Gasteiger partial charge in [0.1, 0.15) is 0 Å². The van der Waals surface area contributed by atoms with Crippen LogP contribution in [-0.4, -0.2) is 24.6 Å². The van der Waals surface area contributed by atoms with Gasteiger partial charge in [-0.05, 0) is 99.9 Å². The fraction of sp³-hybridized carbons (Fsp3) is 0.520. The molecule has 54 heavy (non-hydrogen) atoms. The predicted octanol–water partition coefficient (Wildman–Crippen LogP) is 8.17. The maximum Gasteiger partial charge on any atom is 0.0991 e. The highest BCUT2D eigenvalue weighted by Crippen LogP contribution is 2.59. The smallest absolute Gasteiger partial charge is 0.0991 e. The molecule has 0 aliphatic carbocycles. The van der Waals surface area contributed by atoms with Crippen LogP contribution in [-0.2, 0) is 0 Å². The molecular formula is C50H74Cl2P2. The van der Waals surface area contributed by atoms with E-state index in [0.717, 1.165) is 0 Å². The molecule has 0 amide bonds. The summed E-state index contributed by atoms with van der Waals surface area (Å²) in [5.41, 5.74) is 0. The summed E-state index contributed by atoms with van der Waals surface area (Å²) in [4.78, 5) is 0. The number of rotatable bonds is 29. The molecule has 4 rings (SSSR count). The first-order valence-corrected chi connectivity index (χ1v) is 26.0. The maximum atomic E-state index is 2.47. The van der Waals surface area contributed by atoms with Crippen LogP contribution < -0.4 is 46.0 Å². The second-order valence-electron chi connectivity index (χ2n) is 15.5. The number of hydrogen-bond acceptors (Lipinski definition) is 0. The minimum absolute atomic E-state index is 0. The third kappa shape index (κ3) is 16.1. The third-order valence-corrected chi connectivity index (χ3v) is 21.1. The lowest BCUT2D eigenvalue weighted by Gasteiger charge is -2.29. The van der Waals surface area contributed by atoms with Crippen molar-refractivity contribution in [3.05, 3.63) is 121 Å². The van der Waals surface area contributed by atoms with Gasteiger partial charge in [0.05, 0.1) is 60.4 Å². The highest BCUT2D eigenvalue weighted by molar-refractivity contribution is 7.90. The Kier molecular flexibility index (Phi) is 26.5. The second-order valence-corrected chi connectivity index (χ2v) is 23.3. The molecule has 0 bridgehead atoms. The molecule has 0 heterocycles. The van der Waals surface area contributed by atoms with Crippen molar-refractivity contribution in [1.29, 1.82) is 0 Å². The quantitative estimate of drug-likeness (QED) is 0.0384. The van der Waals surface area contributed by atoms with Crippen molar-refractivity contribution >= 4 is 35.7 Å². The van der Waals surface area contributed by atoms with Crippen molar-refractivity contribution in [3.8, 4) is 0 Å². The van der Waals surface area contributed by atoms with Gasteiger partial charge in [-0.25, -0.2) is 0 Å². The molecule has 298 valence electrons. The molecular weight excluding hydrogens is 733 g/mol. The summed E-state index contributed by atoms with van der Waals surface area (Å²) in [7, 11) is -2.94. The van der Waals surface area contributed by atoms with Crippen LogP contribution in [0.2, 0.25) is 0 Å². The Hall–Kier alpha value is -1.68. The standard InChI is InChI=1S/C50H74P2.2ClH/c1-3-5-7-9-11-13-15-31-43-51(47-35-23-19-24-36-47,48-37-25-20-26-38-48)45-33-17-18-34-46-52(49-39-27-21-28-40-49,50-41-29-22-30-42-50)44-32-16-14-12-10-8-6-4-2;;/h19-30,35-42H,3-18,31-34,43-46H2,1-2H3;2*1H/q+2;;/p-2. The molecule has 0 nitrogen and oxygen atoms in total. The van der Waals surface area contributed by atoms with Crippen molar-refractivity contribution in [3.63, 3.8) is 0 Å². The summed E-state index contributed by atoms with van der Waals surface area (Å²) in [6, 6.07) is 46.9. The van der Waals surface area contributed by atoms with E-state index in [-0.39, 0.29) is 24.8 Å². The summed E-state index contributed by atoms with van der Waals surface area (Å²) < 4.78 is 0. The summed E-state index contributed by atoms with van der Waals surface area (Å²) >= 11 is 0. The molecule has 0 aliphatic heterocycles. The minimum atomic E-state index is -1.47. The Morgan fingerprint density at radius 3 is 0.648 bits per heavy atom. The first-order chi connectivity index (χ1) is 25.7. The summed E-state index contributed by atoms with van der Waals surface area (Å²) in [6.45, 7) is 4.64. The van der Waals surface area contributed by atoms with Crippen molar-refractivity contribution in [2.24, 2.45) is 0 Å². The molecule has 0 saturated carbocycles. The van der Waals surface area contributed by atoms with E-state index in [1.54, 1.807) is 21.2 Å². The van der Waals surface area contributed by atoms with Crippen molar-refractivity contribution < 1.29 is 24.8 Å². The van der Waals surface area contributed by atoms with Crippen molar-refractivity contribution in [2.75, 3.05) is 24.6 Å². The molecule has 0 N–H and O–H groups in total. The van der Waals surface area contributed by atoms with Crippen LogP contribution in [0, 0.1) is 0 Å². The van der Waals surface area contributed by atoms with Gasteiger partial charge in [0, 0.05) is 0 Å². The van der Waals surface area contributed by atoms with Crippen LogP contribution in [0.25, 0.3) is 0 Å². The lowest BCUT2D eigenvalue weighted by molar-refractivity contribution is -0.00100. The molecule has 0 radical (unpaired) electrons. The van der Waals surface area contributed by atoms with Crippen molar-refractivity contribution in [2.45, 2.75) is 142 Å². The molecule has 0 aromatic heterocycles. The molecule has 0 aliphatic rings. The van der Waals surface area contributed by atoms with Gasteiger partial charge in [-0.15, -0.1) is 0 Å².